The minimum Gasteiger partial charge on any atom is -0.330 e. The Kier molecular flexibility index (Phi) is 4.52. The highest BCUT2D eigenvalue weighted by molar-refractivity contribution is 7.99. The van der Waals surface area contributed by atoms with Crippen molar-refractivity contribution in [1.82, 2.24) is 0 Å². The molecule has 134 valence electrons. The molecule has 0 fully saturated rings. The van der Waals surface area contributed by atoms with Gasteiger partial charge in [0, 0.05) is 27.6 Å². The number of rotatable bonds is 4. The Bertz CT molecular complexity index is 975. The standard InChI is InChI=1S/C20H15N3O3S/c24-20(21-14-9-11-15(12-10-14)23(25)26)13-22-16-5-1-3-7-18(16)27-19-8-4-2-6-17(19)22/h1-12H,13H2,(H,21,24). The molecule has 0 aromatic heterocycles. The molecule has 1 aliphatic heterocycles. The largest absolute Gasteiger partial charge is 0.330 e. The second kappa shape index (κ2) is 7.13. The second-order valence-electron chi connectivity index (χ2n) is 5.98. The number of nitrogens with zero attached hydrogens (tertiary/aromatic N) is 2. The summed E-state index contributed by atoms with van der Waals surface area (Å²) in [5.74, 6) is -0.194. The molecule has 1 aliphatic rings. The van der Waals surface area contributed by atoms with Gasteiger partial charge in [-0.3, -0.25) is 14.9 Å². The van der Waals surface area contributed by atoms with Crippen molar-refractivity contribution in [3.05, 3.63) is 82.9 Å². The summed E-state index contributed by atoms with van der Waals surface area (Å²) in [6.45, 7) is 0.144. The third-order valence-electron chi connectivity index (χ3n) is 4.20. The average Bonchev–Trinajstić information content (AvgIpc) is 2.68. The summed E-state index contributed by atoms with van der Waals surface area (Å²) in [6, 6.07) is 21.7. The van der Waals surface area contributed by atoms with Gasteiger partial charge in [-0.2, -0.15) is 0 Å². The Labute approximate surface area is 160 Å². The van der Waals surface area contributed by atoms with Gasteiger partial charge in [-0.05, 0) is 36.4 Å². The van der Waals surface area contributed by atoms with Crippen LogP contribution in [0.1, 0.15) is 0 Å². The fourth-order valence-electron chi connectivity index (χ4n) is 2.96. The number of carbonyl (C=O) groups excluding carboxylic acids is 1. The van der Waals surface area contributed by atoms with Gasteiger partial charge in [-0.15, -0.1) is 0 Å². The number of nitro benzene ring substituents is 1. The molecule has 7 heteroatoms. The van der Waals surface area contributed by atoms with Crippen LogP contribution in [0.4, 0.5) is 22.7 Å². The van der Waals surface area contributed by atoms with Crippen molar-refractivity contribution in [1.29, 1.82) is 0 Å². The Hall–Kier alpha value is -3.32. The summed E-state index contributed by atoms with van der Waals surface area (Å²) in [6.07, 6.45) is 0. The molecule has 0 saturated carbocycles. The zero-order valence-electron chi connectivity index (χ0n) is 14.2. The fourth-order valence-corrected chi connectivity index (χ4v) is 4.06. The molecule has 0 atom stereocenters. The lowest BCUT2D eigenvalue weighted by Gasteiger charge is -2.32. The number of benzene rings is 3. The summed E-state index contributed by atoms with van der Waals surface area (Å²) in [5.41, 5.74) is 2.49. The van der Waals surface area contributed by atoms with Gasteiger partial charge in [0.05, 0.1) is 16.3 Å². The predicted molar refractivity (Wildman–Crippen MR) is 106 cm³/mol. The van der Waals surface area contributed by atoms with Crippen molar-refractivity contribution in [3.63, 3.8) is 0 Å². The lowest BCUT2D eigenvalue weighted by molar-refractivity contribution is -0.384. The molecule has 1 amide bonds. The van der Waals surface area contributed by atoms with E-state index < -0.39 is 4.92 Å². The maximum atomic E-state index is 12.6. The first-order valence-corrected chi connectivity index (χ1v) is 9.11. The van der Waals surface area contributed by atoms with Crippen LogP contribution in [0.5, 0.6) is 0 Å². The molecule has 0 spiro atoms. The number of nitrogens with one attached hydrogen (secondary N) is 1. The van der Waals surface area contributed by atoms with Crippen LogP contribution in [0, 0.1) is 10.1 Å². The van der Waals surface area contributed by atoms with Crippen molar-refractivity contribution in [2.45, 2.75) is 9.79 Å². The van der Waals surface area contributed by atoms with Gasteiger partial charge >= 0.3 is 0 Å². The number of fused-ring (bicyclic) bond motifs is 2. The van der Waals surface area contributed by atoms with Gasteiger partial charge in [-0.25, -0.2) is 0 Å². The van der Waals surface area contributed by atoms with E-state index in [-0.39, 0.29) is 18.1 Å². The third kappa shape index (κ3) is 3.50. The lowest BCUT2D eigenvalue weighted by atomic mass is 10.2. The minimum atomic E-state index is -0.467. The molecule has 4 rings (SSSR count). The van der Waals surface area contributed by atoms with Crippen LogP contribution < -0.4 is 10.2 Å². The van der Waals surface area contributed by atoms with E-state index in [0.717, 1.165) is 21.2 Å². The normalized spacial score (nSPS) is 12.1. The first-order valence-electron chi connectivity index (χ1n) is 8.29. The summed E-state index contributed by atoms with van der Waals surface area (Å²) in [5, 5.41) is 13.5. The average molecular weight is 377 g/mol. The fraction of sp³-hybridized carbons (Fsp3) is 0.0500. The SMILES string of the molecule is O=C(CN1c2ccccc2Sc2ccccc21)Nc1ccc([N+](=O)[O-])cc1. The van der Waals surface area contributed by atoms with Crippen LogP contribution in [0.25, 0.3) is 0 Å². The van der Waals surface area contributed by atoms with E-state index in [1.54, 1.807) is 11.8 Å². The molecule has 3 aromatic rings. The highest BCUT2D eigenvalue weighted by Gasteiger charge is 2.24. The van der Waals surface area contributed by atoms with E-state index in [1.165, 1.54) is 24.3 Å². The first-order chi connectivity index (χ1) is 13.1. The number of amides is 1. The van der Waals surface area contributed by atoms with Gasteiger partial charge in [-0.1, -0.05) is 36.0 Å². The maximum Gasteiger partial charge on any atom is 0.269 e. The van der Waals surface area contributed by atoms with Crippen LogP contribution in [-0.2, 0) is 4.79 Å². The van der Waals surface area contributed by atoms with Crippen molar-refractivity contribution in [3.8, 4) is 0 Å². The third-order valence-corrected chi connectivity index (χ3v) is 5.33. The van der Waals surface area contributed by atoms with E-state index in [0.29, 0.717) is 5.69 Å². The molecule has 3 aromatic carbocycles. The summed E-state index contributed by atoms with van der Waals surface area (Å²) in [4.78, 5) is 27.1. The molecule has 1 heterocycles. The smallest absolute Gasteiger partial charge is 0.269 e. The number of anilines is 3. The second-order valence-corrected chi connectivity index (χ2v) is 7.06. The summed E-state index contributed by atoms with van der Waals surface area (Å²) < 4.78 is 0. The Morgan fingerprint density at radius 1 is 0.926 bits per heavy atom. The predicted octanol–water partition coefficient (Wildman–Crippen LogP) is 4.84. The van der Waals surface area contributed by atoms with Gasteiger partial charge in [0.1, 0.15) is 6.54 Å². The molecule has 0 bridgehead atoms. The molecule has 27 heavy (non-hydrogen) atoms. The van der Waals surface area contributed by atoms with Gasteiger partial charge in [0.25, 0.3) is 5.69 Å². The number of para-hydroxylation sites is 2. The van der Waals surface area contributed by atoms with E-state index in [4.69, 9.17) is 0 Å². The van der Waals surface area contributed by atoms with E-state index in [9.17, 15) is 14.9 Å². The van der Waals surface area contributed by atoms with Crippen LogP contribution in [0.3, 0.4) is 0 Å². The van der Waals surface area contributed by atoms with Crippen LogP contribution in [0.15, 0.2) is 82.6 Å². The first kappa shape index (κ1) is 17.1. The number of carbonyl (C=O) groups is 1. The zero-order valence-corrected chi connectivity index (χ0v) is 15.0. The molecular formula is C20H15N3O3S. The van der Waals surface area contributed by atoms with Gasteiger partial charge in [0.15, 0.2) is 0 Å². The highest BCUT2D eigenvalue weighted by Crippen LogP contribution is 2.47. The number of hydrogen-bond acceptors (Lipinski definition) is 5. The molecule has 1 N–H and O–H groups in total. The van der Waals surface area contributed by atoms with E-state index in [2.05, 4.69) is 5.32 Å². The van der Waals surface area contributed by atoms with E-state index >= 15 is 0 Å². The van der Waals surface area contributed by atoms with Crippen LogP contribution >= 0.6 is 11.8 Å². The Morgan fingerprint density at radius 3 is 2.04 bits per heavy atom. The topological polar surface area (TPSA) is 75.5 Å². The molecular weight excluding hydrogens is 362 g/mol. The minimum absolute atomic E-state index is 0.0103. The van der Waals surface area contributed by atoms with Gasteiger partial charge < -0.3 is 10.2 Å². The van der Waals surface area contributed by atoms with Crippen LogP contribution in [0.2, 0.25) is 0 Å². The highest BCUT2D eigenvalue weighted by atomic mass is 32.2. The van der Waals surface area contributed by atoms with Crippen LogP contribution in [-0.4, -0.2) is 17.4 Å². The summed E-state index contributed by atoms with van der Waals surface area (Å²) in [7, 11) is 0. The number of nitro groups is 1. The molecule has 0 radical (unpaired) electrons. The quantitative estimate of drug-likeness (QED) is 0.520. The van der Waals surface area contributed by atoms with Crippen molar-refractivity contribution in [2.75, 3.05) is 16.8 Å². The maximum absolute atomic E-state index is 12.6. The Morgan fingerprint density at radius 2 is 1.48 bits per heavy atom. The lowest BCUT2D eigenvalue weighted by Crippen LogP contribution is -2.31. The molecule has 6 nitrogen and oxygen atoms in total. The number of non-ortho nitro benzene ring substituents is 1. The number of hydrogen-bond donors (Lipinski definition) is 1. The van der Waals surface area contributed by atoms with Gasteiger partial charge in [0.2, 0.25) is 5.91 Å². The molecule has 0 unspecified atom stereocenters. The zero-order chi connectivity index (χ0) is 18.8. The molecule has 0 aliphatic carbocycles. The Balaban J connectivity index is 1.57. The monoisotopic (exact) mass is 377 g/mol. The van der Waals surface area contributed by atoms with Crippen molar-refractivity contribution >= 4 is 40.4 Å². The summed E-state index contributed by atoms with van der Waals surface area (Å²) >= 11 is 1.68. The molecule has 0 saturated heterocycles. The van der Waals surface area contributed by atoms with E-state index in [1.807, 2.05) is 53.4 Å². The van der Waals surface area contributed by atoms with Crippen molar-refractivity contribution < 1.29 is 9.72 Å². The van der Waals surface area contributed by atoms with Crippen molar-refractivity contribution in [2.24, 2.45) is 0 Å².